The van der Waals surface area contributed by atoms with Crippen molar-refractivity contribution in [3.8, 4) is 0 Å². The lowest BCUT2D eigenvalue weighted by atomic mass is 9.73. The van der Waals surface area contributed by atoms with Gasteiger partial charge in [-0.2, -0.15) is 0 Å². The van der Waals surface area contributed by atoms with Gasteiger partial charge in [0, 0.05) is 17.9 Å². The van der Waals surface area contributed by atoms with Gasteiger partial charge in [-0.05, 0) is 48.6 Å². The van der Waals surface area contributed by atoms with Gasteiger partial charge in [0.25, 0.3) is 5.91 Å². The average Bonchev–Trinajstić information content (AvgIpc) is 3.28. The third-order valence-electron chi connectivity index (χ3n) is 5.87. The van der Waals surface area contributed by atoms with E-state index >= 15 is 0 Å². The van der Waals surface area contributed by atoms with Crippen LogP contribution in [0.25, 0.3) is 0 Å². The quantitative estimate of drug-likeness (QED) is 0.804. The van der Waals surface area contributed by atoms with Crippen molar-refractivity contribution in [2.45, 2.75) is 24.9 Å². The second-order valence-corrected chi connectivity index (χ2v) is 7.74. The Morgan fingerprint density at radius 2 is 1.71 bits per heavy atom. The highest BCUT2D eigenvalue weighted by atomic mass is 16.2. The van der Waals surface area contributed by atoms with Crippen LogP contribution in [0.3, 0.4) is 0 Å². The summed E-state index contributed by atoms with van der Waals surface area (Å²) >= 11 is 0. The number of para-hydroxylation sites is 1. The van der Waals surface area contributed by atoms with Crippen molar-refractivity contribution >= 4 is 29.3 Å². The van der Waals surface area contributed by atoms with E-state index in [1.807, 2.05) is 24.3 Å². The van der Waals surface area contributed by atoms with Crippen LogP contribution in [0.2, 0.25) is 0 Å². The van der Waals surface area contributed by atoms with Gasteiger partial charge in [0.1, 0.15) is 5.54 Å². The lowest BCUT2D eigenvalue weighted by Crippen LogP contribution is -2.48. The van der Waals surface area contributed by atoms with Crippen molar-refractivity contribution in [1.29, 1.82) is 0 Å². The molecule has 1 spiro atoms. The topological polar surface area (TPSA) is 81.8 Å². The number of nitrogens with one attached hydrogen (secondary N) is 2. The molecule has 2 bridgehead atoms. The van der Waals surface area contributed by atoms with Crippen LogP contribution in [0.15, 0.2) is 54.6 Å². The second kappa shape index (κ2) is 6.09. The molecule has 2 N–H and O–H groups in total. The van der Waals surface area contributed by atoms with Crippen LogP contribution in [0.4, 0.5) is 21.0 Å². The summed E-state index contributed by atoms with van der Waals surface area (Å²) in [7, 11) is 0. The number of rotatable bonds is 4. The molecular formula is C21H20N4O3. The van der Waals surface area contributed by atoms with E-state index in [0.29, 0.717) is 23.8 Å². The fourth-order valence-electron chi connectivity index (χ4n) is 4.60. The van der Waals surface area contributed by atoms with Gasteiger partial charge in [0.15, 0.2) is 0 Å². The zero-order valence-corrected chi connectivity index (χ0v) is 15.2. The molecule has 1 saturated carbocycles. The van der Waals surface area contributed by atoms with E-state index in [1.165, 1.54) is 4.90 Å². The molecule has 0 atom stereocenters. The van der Waals surface area contributed by atoms with Crippen LogP contribution in [0, 0.1) is 5.92 Å². The highest BCUT2D eigenvalue weighted by Crippen LogP contribution is 2.55. The van der Waals surface area contributed by atoms with Gasteiger partial charge in [0.05, 0.1) is 6.54 Å². The van der Waals surface area contributed by atoms with Gasteiger partial charge in [0.2, 0.25) is 0 Å². The zero-order chi connectivity index (χ0) is 19.3. The fourth-order valence-corrected chi connectivity index (χ4v) is 4.60. The number of hydrogen-bond acceptors (Lipinski definition) is 3. The summed E-state index contributed by atoms with van der Waals surface area (Å²) < 4.78 is 0. The molecule has 3 saturated heterocycles. The standard InChI is InChI=1S/C21H20N4O3/c26-18-21-10-15(11-21)13-25(21)20(28)24(18)12-14-5-4-8-17(9-14)23-19(27)22-16-6-2-1-3-7-16/h1-9,15H,10-13H2,(H2,22,23,27). The van der Waals surface area contributed by atoms with Gasteiger partial charge in [-0.1, -0.05) is 30.3 Å². The van der Waals surface area contributed by atoms with E-state index in [-0.39, 0.29) is 24.5 Å². The third-order valence-corrected chi connectivity index (χ3v) is 5.87. The lowest BCUT2D eigenvalue weighted by Gasteiger charge is -2.34. The molecule has 4 aliphatic rings. The number of benzene rings is 2. The first-order valence-corrected chi connectivity index (χ1v) is 9.41. The minimum atomic E-state index is -0.562. The molecule has 2 aromatic rings. The molecule has 0 radical (unpaired) electrons. The number of amides is 5. The molecule has 142 valence electrons. The van der Waals surface area contributed by atoms with Gasteiger partial charge in [-0.15, -0.1) is 0 Å². The Bertz CT molecular complexity index is 966. The number of carbonyl (C=O) groups is 3. The van der Waals surface area contributed by atoms with Crippen molar-refractivity contribution in [2.24, 2.45) is 5.92 Å². The van der Waals surface area contributed by atoms with Crippen molar-refractivity contribution in [3.05, 3.63) is 60.2 Å². The zero-order valence-electron chi connectivity index (χ0n) is 15.2. The molecule has 6 rings (SSSR count). The van der Waals surface area contributed by atoms with Crippen LogP contribution < -0.4 is 10.6 Å². The molecule has 0 unspecified atom stereocenters. The molecule has 7 nitrogen and oxygen atoms in total. The smallest absolute Gasteiger partial charge is 0.309 e. The predicted molar refractivity (Wildman–Crippen MR) is 104 cm³/mol. The Labute approximate surface area is 162 Å². The fraction of sp³-hybridized carbons (Fsp3) is 0.286. The molecule has 4 fully saturated rings. The van der Waals surface area contributed by atoms with E-state index in [0.717, 1.165) is 18.4 Å². The highest BCUT2D eigenvalue weighted by molar-refractivity contribution is 6.08. The van der Waals surface area contributed by atoms with Gasteiger partial charge >= 0.3 is 12.1 Å². The Morgan fingerprint density at radius 1 is 1.00 bits per heavy atom. The van der Waals surface area contributed by atoms with Crippen molar-refractivity contribution < 1.29 is 14.4 Å². The average molecular weight is 376 g/mol. The van der Waals surface area contributed by atoms with Gasteiger partial charge < -0.3 is 15.5 Å². The SMILES string of the molecule is O=C(Nc1ccccc1)Nc1cccc(CN2C(=O)N3CC4CC3(C4)C2=O)c1. The summed E-state index contributed by atoms with van der Waals surface area (Å²) in [6.07, 6.45) is 1.60. The van der Waals surface area contributed by atoms with Crippen LogP contribution >= 0.6 is 0 Å². The van der Waals surface area contributed by atoms with E-state index in [4.69, 9.17) is 0 Å². The largest absolute Gasteiger partial charge is 0.327 e. The molecule has 2 aromatic carbocycles. The summed E-state index contributed by atoms with van der Waals surface area (Å²) in [6.45, 7) is 0.915. The van der Waals surface area contributed by atoms with Crippen molar-refractivity contribution in [3.63, 3.8) is 0 Å². The number of anilines is 2. The van der Waals surface area contributed by atoms with E-state index in [1.54, 1.807) is 35.2 Å². The summed E-state index contributed by atoms with van der Waals surface area (Å²) in [6, 6.07) is 15.8. The summed E-state index contributed by atoms with van der Waals surface area (Å²) in [5.41, 5.74) is 1.54. The van der Waals surface area contributed by atoms with E-state index in [2.05, 4.69) is 10.6 Å². The summed E-state index contributed by atoms with van der Waals surface area (Å²) in [5.74, 6) is 0.414. The number of hydrogen-bond donors (Lipinski definition) is 2. The highest BCUT2D eigenvalue weighted by Gasteiger charge is 2.68. The van der Waals surface area contributed by atoms with E-state index in [9.17, 15) is 14.4 Å². The normalized spacial score (nSPS) is 24.8. The van der Waals surface area contributed by atoms with Gasteiger partial charge in [-0.3, -0.25) is 9.69 Å². The van der Waals surface area contributed by atoms with Crippen LogP contribution in [-0.2, 0) is 11.3 Å². The molecule has 28 heavy (non-hydrogen) atoms. The molecule has 1 aliphatic carbocycles. The predicted octanol–water partition coefficient (Wildman–Crippen LogP) is 3.26. The Kier molecular flexibility index (Phi) is 3.65. The first-order chi connectivity index (χ1) is 13.5. The Morgan fingerprint density at radius 3 is 2.46 bits per heavy atom. The number of imide groups is 1. The minimum Gasteiger partial charge on any atom is -0.309 e. The molecule has 7 heteroatoms. The van der Waals surface area contributed by atoms with Crippen molar-refractivity contribution in [1.82, 2.24) is 9.80 Å². The Balaban J connectivity index is 1.27. The van der Waals surface area contributed by atoms with E-state index < -0.39 is 5.54 Å². The molecular weight excluding hydrogens is 356 g/mol. The van der Waals surface area contributed by atoms with Crippen molar-refractivity contribution in [2.75, 3.05) is 17.2 Å². The lowest BCUT2D eigenvalue weighted by molar-refractivity contribution is -0.135. The van der Waals surface area contributed by atoms with Crippen LogP contribution in [0.1, 0.15) is 18.4 Å². The molecule has 5 amide bonds. The maximum Gasteiger partial charge on any atom is 0.327 e. The molecule has 3 aliphatic heterocycles. The van der Waals surface area contributed by atoms with Gasteiger partial charge in [-0.25, -0.2) is 9.59 Å². The minimum absolute atomic E-state index is 0.0774. The van der Waals surface area contributed by atoms with Crippen LogP contribution in [0.5, 0.6) is 0 Å². The number of carbonyl (C=O) groups excluding carboxylic acids is 3. The first-order valence-electron chi connectivity index (χ1n) is 9.41. The van der Waals surface area contributed by atoms with Crippen LogP contribution in [-0.4, -0.2) is 39.9 Å². The molecule has 3 heterocycles. The maximum atomic E-state index is 12.8. The first kappa shape index (κ1) is 16.8. The second-order valence-electron chi connectivity index (χ2n) is 7.74. The summed E-state index contributed by atoms with van der Waals surface area (Å²) in [4.78, 5) is 40.7. The number of urea groups is 2. The summed E-state index contributed by atoms with van der Waals surface area (Å²) in [5, 5.41) is 5.54. The molecule has 0 aromatic heterocycles. The third kappa shape index (κ3) is 2.54. The monoisotopic (exact) mass is 376 g/mol. The Hall–Kier alpha value is -3.35. The number of nitrogens with zero attached hydrogens (tertiary/aromatic N) is 2. The maximum absolute atomic E-state index is 12.8.